The Kier molecular flexibility index (Phi) is 7.37. The monoisotopic (exact) mass is 592 g/mol. The second-order valence-electron chi connectivity index (χ2n) is 9.89. The summed E-state index contributed by atoms with van der Waals surface area (Å²) in [6.45, 7) is 3.65. The number of benzene rings is 1. The highest BCUT2D eigenvalue weighted by atomic mass is 35.5. The SMILES string of the molecule is O=C(CC1CN(S(=O)(=O)c2cc3cc(Cl)ccc3[nH]2)CCN1C(=O)c1nc2c(s1)CNCC2)N1CCOCC1. The molecule has 2 aromatic heterocycles. The van der Waals surface area contributed by atoms with Crippen LogP contribution in [0.4, 0.5) is 0 Å². The van der Waals surface area contributed by atoms with Gasteiger partial charge in [0.05, 0.1) is 24.9 Å². The van der Waals surface area contributed by atoms with E-state index < -0.39 is 16.1 Å². The predicted octanol–water partition coefficient (Wildman–Crippen LogP) is 1.69. The third kappa shape index (κ3) is 5.31. The first-order valence-corrected chi connectivity index (χ1v) is 15.6. The van der Waals surface area contributed by atoms with Gasteiger partial charge < -0.3 is 24.8 Å². The highest BCUT2D eigenvalue weighted by Crippen LogP contribution is 2.29. The van der Waals surface area contributed by atoms with Crippen LogP contribution in [-0.2, 0) is 32.5 Å². The van der Waals surface area contributed by atoms with Crippen LogP contribution < -0.4 is 5.32 Å². The van der Waals surface area contributed by atoms with Crippen molar-refractivity contribution in [1.82, 2.24) is 29.4 Å². The van der Waals surface area contributed by atoms with E-state index in [4.69, 9.17) is 16.3 Å². The number of halogens is 1. The molecule has 1 aromatic carbocycles. The highest BCUT2D eigenvalue weighted by Gasteiger charge is 2.40. The number of nitrogens with one attached hydrogen (secondary N) is 2. The molecule has 0 radical (unpaired) electrons. The van der Waals surface area contributed by atoms with Crippen molar-refractivity contribution in [3.05, 3.63) is 44.9 Å². The number of ether oxygens (including phenoxy) is 1. The molecule has 2 amide bonds. The molecule has 1 unspecified atom stereocenters. The predicted molar refractivity (Wildman–Crippen MR) is 146 cm³/mol. The second-order valence-corrected chi connectivity index (χ2v) is 13.3. The molecule has 2 saturated heterocycles. The van der Waals surface area contributed by atoms with E-state index in [1.165, 1.54) is 15.6 Å². The number of aromatic amines is 1. The lowest BCUT2D eigenvalue weighted by Crippen LogP contribution is -2.58. The smallest absolute Gasteiger partial charge is 0.283 e. The van der Waals surface area contributed by atoms with E-state index in [9.17, 15) is 18.0 Å². The molecule has 3 aliphatic heterocycles. The van der Waals surface area contributed by atoms with Crippen molar-refractivity contribution in [2.45, 2.75) is 30.5 Å². The zero-order valence-corrected chi connectivity index (χ0v) is 23.6. The van der Waals surface area contributed by atoms with Crippen molar-refractivity contribution < 1.29 is 22.7 Å². The molecule has 5 heterocycles. The maximum atomic E-state index is 13.7. The molecule has 3 aliphatic rings. The van der Waals surface area contributed by atoms with Gasteiger partial charge in [0.2, 0.25) is 5.91 Å². The molecule has 0 saturated carbocycles. The number of H-pyrrole nitrogens is 1. The first-order valence-electron chi connectivity index (χ1n) is 12.9. The number of nitrogens with zero attached hydrogens (tertiary/aromatic N) is 4. The summed E-state index contributed by atoms with van der Waals surface area (Å²) >= 11 is 7.46. The van der Waals surface area contributed by atoms with E-state index in [0.29, 0.717) is 53.8 Å². The Morgan fingerprint density at radius 1 is 1.15 bits per heavy atom. The van der Waals surface area contributed by atoms with Crippen LogP contribution in [0.3, 0.4) is 0 Å². The molecule has 2 fully saturated rings. The number of carbonyl (C=O) groups is 2. The summed E-state index contributed by atoms with van der Waals surface area (Å²) in [6, 6.07) is 6.07. The van der Waals surface area contributed by atoms with Crippen LogP contribution in [-0.4, -0.2) is 103 Å². The fraction of sp³-hybridized carbons (Fsp3) is 0.480. The van der Waals surface area contributed by atoms with Crippen LogP contribution in [0.5, 0.6) is 0 Å². The zero-order valence-electron chi connectivity index (χ0n) is 21.2. The van der Waals surface area contributed by atoms with Crippen molar-refractivity contribution in [3.63, 3.8) is 0 Å². The molecule has 0 aliphatic carbocycles. The minimum Gasteiger partial charge on any atom is -0.378 e. The molecule has 0 bridgehead atoms. The lowest BCUT2D eigenvalue weighted by Gasteiger charge is -2.41. The average Bonchev–Trinajstić information content (AvgIpc) is 3.58. The van der Waals surface area contributed by atoms with E-state index in [0.717, 1.165) is 23.5 Å². The Balaban J connectivity index is 1.27. The Labute approximate surface area is 235 Å². The number of hydrogen-bond donors (Lipinski definition) is 2. The molecule has 11 nitrogen and oxygen atoms in total. The van der Waals surface area contributed by atoms with Gasteiger partial charge in [-0.1, -0.05) is 11.6 Å². The number of sulfonamides is 1. The van der Waals surface area contributed by atoms with E-state index in [-0.39, 0.29) is 42.9 Å². The molecule has 2 N–H and O–H groups in total. The fourth-order valence-corrected chi connectivity index (χ4v) is 8.02. The number of rotatable bonds is 5. The Morgan fingerprint density at radius 2 is 1.97 bits per heavy atom. The molecule has 3 aromatic rings. The van der Waals surface area contributed by atoms with Gasteiger partial charge in [-0.15, -0.1) is 11.3 Å². The maximum absolute atomic E-state index is 13.7. The summed E-state index contributed by atoms with van der Waals surface area (Å²) in [5, 5.41) is 4.94. The first-order chi connectivity index (χ1) is 18.8. The summed E-state index contributed by atoms with van der Waals surface area (Å²) in [7, 11) is -3.92. The maximum Gasteiger partial charge on any atom is 0.283 e. The van der Waals surface area contributed by atoms with Crippen LogP contribution in [0.25, 0.3) is 10.9 Å². The summed E-state index contributed by atoms with van der Waals surface area (Å²) in [5.74, 6) is -0.380. The molecule has 6 rings (SSSR count). The van der Waals surface area contributed by atoms with Gasteiger partial charge >= 0.3 is 0 Å². The van der Waals surface area contributed by atoms with Gasteiger partial charge in [0.25, 0.3) is 15.9 Å². The number of carbonyl (C=O) groups excluding carboxylic acids is 2. The topological polar surface area (TPSA) is 128 Å². The third-order valence-corrected chi connectivity index (χ3v) is 10.5. The van der Waals surface area contributed by atoms with Crippen LogP contribution in [0, 0.1) is 0 Å². The standard InChI is InChI=1S/C25H29ClN6O5S2/c26-17-1-2-19-16(11-17)12-22(28-19)39(35,36)31-5-6-32(18(15-31)13-23(33)30-7-9-37-10-8-30)25(34)24-29-20-3-4-27-14-21(20)38-24/h1-2,11-12,18,27-28H,3-10,13-15H2. The van der Waals surface area contributed by atoms with Crippen LogP contribution in [0.1, 0.15) is 26.8 Å². The van der Waals surface area contributed by atoms with Crippen molar-refractivity contribution in [1.29, 1.82) is 0 Å². The quantitative estimate of drug-likeness (QED) is 0.461. The van der Waals surface area contributed by atoms with Gasteiger partial charge in [0.15, 0.2) is 5.01 Å². The summed E-state index contributed by atoms with van der Waals surface area (Å²) < 4.78 is 34.1. The first kappa shape index (κ1) is 26.7. The fourth-order valence-electron chi connectivity index (χ4n) is 5.33. The average molecular weight is 593 g/mol. The number of fused-ring (bicyclic) bond motifs is 2. The molecule has 208 valence electrons. The molecule has 0 spiro atoms. The van der Waals surface area contributed by atoms with Crippen LogP contribution in [0.2, 0.25) is 5.02 Å². The van der Waals surface area contributed by atoms with E-state index in [2.05, 4.69) is 15.3 Å². The number of aromatic nitrogens is 2. The summed E-state index contributed by atoms with van der Waals surface area (Å²) in [6.07, 6.45) is 0.784. The molecular weight excluding hydrogens is 564 g/mol. The third-order valence-electron chi connectivity index (χ3n) is 7.44. The Morgan fingerprint density at radius 3 is 2.77 bits per heavy atom. The number of morpholine rings is 1. The van der Waals surface area contributed by atoms with Crippen molar-refractivity contribution in [3.8, 4) is 0 Å². The van der Waals surface area contributed by atoms with Gasteiger partial charge in [-0.2, -0.15) is 4.31 Å². The second kappa shape index (κ2) is 10.8. The van der Waals surface area contributed by atoms with Gasteiger partial charge in [-0.3, -0.25) is 9.59 Å². The highest BCUT2D eigenvalue weighted by molar-refractivity contribution is 7.89. The van der Waals surface area contributed by atoms with Gasteiger partial charge in [0.1, 0.15) is 5.03 Å². The zero-order chi connectivity index (χ0) is 27.1. The normalized spacial score (nSPS) is 20.8. The number of hydrogen-bond acceptors (Lipinski definition) is 8. The number of piperazine rings is 1. The van der Waals surface area contributed by atoms with Gasteiger partial charge in [0, 0.05) is 79.5 Å². The van der Waals surface area contributed by atoms with Gasteiger partial charge in [-0.25, -0.2) is 13.4 Å². The Hall–Kier alpha value is -2.55. The Bertz CT molecular complexity index is 1490. The van der Waals surface area contributed by atoms with Crippen molar-refractivity contribution in [2.75, 3.05) is 52.5 Å². The van der Waals surface area contributed by atoms with E-state index in [1.54, 1.807) is 34.1 Å². The van der Waals surface area contributed by atoms with Crippen LogP contribution in [0.15, 0.2) is 29.3 Å². The number of amides is 2. The molecular formula is C25H29ClN6O5S2. The lowest BCUT2D eigenvalue weighted by molar-refractivity contribution is -0.136. The lowest BCUT2D eigenvalue weighted by atomic mass is 10.1. The van der Waals surface area contributed by atoms with Crippen molar-refractivity contribution >= 4 is 55.7 Å². The van der Waals surface area contributed by atoms with Crippen LogP contribution >= 0.6 is 22.9 Å². The largest absolute Gasteiger partial charge is 0.378 e. The summed E-state index contributed by atoms with van der Waals surface area (Å²) in [5.41, 5.74) is 1.59. The molecule has 1 atom stereocenters. The van der Waals surface area contributed by atoms with Crippen molar-refractivity contribution in [2.24, 2.45) is 0 Å². The number of thiazole rings is 1. The van der Waals surface area contributed by atoms with E-state index in [1.807, 2.05) is 0 Å². The minimum atomic E-state index is -3.92. The molecule has 39 heavy (non-hydrogen) atoms. The van der Waals surface area contributed by atoms with E-state index >= 15 is 0 Å². The van der Waals surface area contributed by atoms with Gasteiger partial charge in [-0.05, 0) is 24.3 Å². The minimum absolute atomic E-state index is 0.00686. The summed E-state index contributed by atoms with van der Waals surface area (Å²) in [4.78, 5) is 38.9. The molecule has 14 heteroatoms.